The molecule has 1 fully saturated rings. The minimum Gasteiger partial charge on any atom is -0.508 e. The molecule has 0 bridgehead atoms. The zero-order valence-electron chi connectivity index (χ0n) is 26.2. The molecule has 0 radical (unpaired) electrons. The Labute approximate surface area is 252 Å². The summed E-state index contributed by atoms with van der Waals surface area (Å²) < 4.78 is 21.8. The van der Waals surface area contributed by atoms with Gasteiger partial charge < -0.3 is 33.9 Å². The quantitative estimate of drug-likeness (QED) is 0.184. The summed E-state index contributed by atoms with van der Waals surface area (Å²) in [5, 5.41) is 11.1. The van der Waals surface area contributed by atoms with Crippen LogP contribution in [0.15, 0.2) is 48.5 Å². The first-order valence-corrected chi connectivity index (χ1v) is 15.5. The summed E-state index contributed by atoms with van der Waals surface area (Å²) in [6.45, 7) is 7.78. The number of unbranched alkanes of at least 4 members (excludes halogenated alkanes) is 1. The lowest BCUT2D eigenvalue weighted by atomic mass is 9.67. The molecule has 8 heteroatoms. The minimum atomic E-state index is -0.425. The van der Waals surface area contributed by atoms with E-state index in [9.17, 15) is 9.90 Å². The topological polar surface area (TPSA) is 80.7 Å². The summed E-state index contributed by atoms with van der Waals surface area (Å²) in [5.41, 5.74) is 3.24. The summed E-state index contributed by atoms with van der Waals surface area (Å²) in [7, 11) is 4.92. The van der Waals surface area contributed by atoms with Crippen LogP contribution in [0.2, 0.25) is 0 Å². The Morgan fingerprint density at radius 3 is 2.40 bits per heavy atom. The number of amides is 1. The third kappa shape index (κ3) is 9.78. The molecule has 1 amide bonds. The Morgan fingerprint density at radius 2 is 1.74 bits per heavy atom. The summed E-state index contributed by atoms with van der Waals surface area (Å²) >= 11 is 0. The highest BCUT2D eigenvalue weighted by Gasteiger charge is 2.39. The first-order chi connectivity index (χ1) is 20.5. The number of benzene rings is 2. The van der Waals surface area contributed by atoms with Crippen LogP contribution >= 0.6 is 0 Å². The van der Waals surface area contributed by atoms with Gasteiger partial charge in [0.05, 0.1) is 26.2 Å². The van der Waals surface area contributed by atoms with Crippen molar-refractivity contribution in [3.8, 4) is 5.75 Å². The van der Waals surface area contributed by atoms with Gasteiger partial charge in [0.2, 0.25) is 5.91 Å². The number of rotatable bonds is 19. The maximum Gasteiger partial charge on any atom is 0.225 e. The summed E-state index contributed by atoms with van der Waals surface area (Å²) in [6, 6.07) is 16.7. The van der Waals surface area contributed by atoms with Crippen molar-refractivity contribution in [2.45, 2.75) is 63.6 Å². The lowest BCUT2D eigenvalue weighted by Crippen LogP contribution is -2.44. The van der Waals surface area contributed by atoms with Gasteiger partial charge in [-0.15, -0.1) is 0 Å². The van der Waals surface area contributed by atoms with Crippen LogP contribution in [0, 0.1) is 0 Å². The second-order valence-electron chi connectivity index (χ2n) is 11.2. The van der Waals surface area contributed by atoms with Crippen molar-refractivity contribution in [3.63, 3.8) is 0 Å². The van der Waals surface area contributed by atoms with E-state index in [1.807, 2.05) is 23.1 Å². The van der Waals surface area contributed by atoms with Crippen LogP contribution < -0.4 is 0 Å². The van der Waals surface area contributed by atoms with Gasteiger partial charge >= 0.3 is 0 Å². The van der Waals surface area contributed by atoms with Crippen molar-refractivity contribution in [1.82, 2.24) is 9.80 Å². The van der Waals surface area contributed by atoms with Crippen molar-refractivity contribution in [1.29, 1.82) is 0 Å². The molecule has 0 aromatic heterocycles. The average molecular weight is 585 g/mol. The fourth-order valence-electron chi connectivity index (χ4n) is 5.86. The molecule has 8 nitrogen and oxygen atoms in total. The van der Waals surface area contributed by atoms with Gasteiger partial charge in [-0.3, -0.25) is 4.79 Å². The molecule has 1 saturated heterocycles. The number of hydrogen-bond acceptors (Lipinski definition) is 7. The molecule has 1 N–H and O–H groups in total. The molecule has 0 aliphatic carbocycles. The SMILES string of the molecule is CCCCN(CC(OC)OC)C(=O)CCOCCCc1ccc(O)c(C2(c3ccccc3)CCN(CCOC)CC2)c1. The van der Waals surface area contributed by atoms with E-state index >= 15 is 0 Å². The number of likely N-dealkylation sites (tertiary alicyclic amines) is 1. The fourth-order valence-corrected chi connectivity index (χ4v) is 5.86. The molecule has 0 spiro atoms. The average Bonchev–Trinajstić information content (AvgIpc) is 3.03. The van der Waals surface area contributed by atoms with E-state index in [4.69, 9.17) is 18.9 Å². The minimum absolute atomic E-state index is 0.0604. The number of carbonyl (C=O) groups excluding carboxylic acids is 1. The van der Waals surface area contributed by atoms with E-state index < -0.39 is 6.29 Å². The van der Waals surface area contributed by atoms with Crippen molar-refractivity contribution < 1.29 is 28.8 Å². The number of phenols is 1. The molecule has 234 valence electrons. The van der Waals surface area contributed by atoms with Crippen LogP contribution in [0.4, 0.5) is 0 Å². The molecule has 0 saturated carbocycles. The number of methoxy groups -OCH3 is 3. The molecule has 1 aliphatic heterocycles. The highest BCUT2D eigenvalue weighted by atomic mass is 16.7. The van der Waals surface area contributed by atoms with Crippen LogP contribution in [0.25, 0.3) is 0 Å². The van der Waals surface area contributed by atoms with Crippen LogP contribution in [-0.2, 0) is 35.6 Å². The normalized spacial score (nSPS) is 15.3. The van der Waals surface area contributed by atoms with Gasteiger partial charge in [0.1, 0.15) is 5.75 Å². The molecular weight excluding hydrogens is 532 g/mol. The molecule has 1 aliphatic rings. The van der Waals surface area contributed by atoms with E-state index in [0.717, 1.165) is 70.3 Å². The van der Waals surface area contributed by atoms with Crippen molar-refractivity contribution in [2.75, 3.05) is 73.9 Å². The highest BCUT2D eigenvalue weighted by molar-refractivity contribution is 5.76. The Bertz CT molecular complexity index is 1040. The molecule has 0 unspecified atom stereocenters. The maximum absolute atomic E-state index is 12.8. The van der Waals surface area contributed by atoms with Gasteiger partial charge in [-0.05, 0) is 62.4 Å². The summed E-state index contributed by atoms with van der Waals surface area (Å²) in [4.78, 5) is 17.1. The number of ether oxygens (including phenoxy) is 4. The number of nitrogens with zero attached hydrogens (tertiary/aromatic N) is 2. The van der Waals surface area contributed by atoms with Gasteiger partial charge in [0.25, 0.3) is 0 Å². The molecular formula is C34H52N2O6. The van der Waals surface area contributed by atoms with Crippen molar-refractivity contribution in [2.24, 2.45) is 0 Å². The Morgan fingerprint density at radius 1 is 1.00 bits per heavy atom. The monoisotopic (exact) mass is 584 g/mol. The van der Waals surface area contributed by atoms with Crippen molar-refractivity contribution in [3.05, 3.63) is 65.2 Å². The number of piperidine rings is 1. The highest BCUT2D eigenvalue weighted by Crippen LogP contribution is 2.45. The van der Waals surface area contributed by atoms with Crippen molar-refractivity contribution >= 4 is 5.91 Å². The molecule has 2 aromatic carbocycles. The molecule has 42 heavy (non-hydrogen) atoms. The second kappa shape index (κ2) is 18.2. The summed E-state index contributed by atoms with van der Waals surface area (Å²) in [6.07, 6.45) is 5.45. The third-order valence-corrected chi connectivity index (χ3v) is 8.47. The standard InChI is InChI=1S/C34H52N2O6/c1-5-6-19-36(27-33(40-3)41-4)32(38)16-24-42-23-10-11-28-14-15-31(37)30(26-28)34(29-12-8-7-9-13-29)17-20-35(21-18-34)22-25-39-2/h7-9,12-15,26,33,37H,5-6,10-11,16-25,27H2,1-4H3. The lowest BCUT2D eigenvalue weighted by molar-refractivity contribution is -0.146. The molecule has 3 rings (SSSR count). The van der Waals surface area contributed by atoms with Crippen LogP contribution in [-0.4, -0.2) is 101 Å². The van der Waals surface area contributed by atoms with Crippen LogP contribution in [0.1, 0.15) is 62.1 Å². The zero-order chi connectivity index (χ0) is 30.2. The third-order valence-electron chi connectivity index (χ3n) is 8.47. The first kappa shape index (κ1) is 34.0. The Hall–Kier alpha value is -2.49. The molecule has 1 heterocycles. The van der Waals surface area contributed by atoms with Gasteiger partial charge in [-0.2, -0.15) is 0 Å². The number of aryl methyl sites for hydroxylation is 1. The van der Waals surface area contributed by atoms with E-state index in [-0.39, 0.29) is 11.3 Å². The van der Waals surface area contributed by atoms with Gasteiger partial charge in [-0.25, -0.2) is 0 Å². The number of phenolic OH excluding ortho intramolecular Hbond substituents is 1. The number of carbonyl (C=O) groups is 1. The van der Waals surface area contributed by atoms with Gasteiger partial charge in [0, 0.05) is 52.0 Å². The lowest BCUT2D eigenvalue weighted by Gasteiger charge is -2.43. The number of aromatic hydroxyl groups is 1. The Kier molecular flexibility index (Phi) is 14.8. The summed E-state index contributed by atoms with van der Waals surface area (Å²) in [5.74, 6) is 0.421. The fraction of sp³-hybridized carbons (Fsp3) is 0.618. The number of hydrogen-bond donors (Lipinski definition) is 1. The zero-order valence-corrected chi connectivity index (χ0v) is 26.2. The van der Waals surface area contributed by atoms with Crippen LogP contribution in [0.3, 0.4) is 0 Å². The predicted molar refractivity (Wildman–Crippen MR) is 166 cm³/mol. The first-order valence-electron chi connectivity index (χ1n) is 15.5. The van der Waals surface area contributed by atoms with E-state index in [0.29, 0.717) is 38.5 Å². The van der Waals surface area contributed by atoms with E-state index in [1.165, 1.54) is 11.1 Å². The van der Waals surface area contributed by atoms with Gasteiger partial charge in [0.15, 0.2) is 6.29 Å². The Balaban J connectivity index is 1.56. The smallest absolute Gasteiger partial charge is 0.225 e. The molecule has 0 atom stereocenters. The largest absolute Gasteiger partial charge is 0.508 e. The molecule has 2 aromatic rings. The second-order valence-corrected chi connectivity index (χ2v) is 11.2. The van der Waals surface area contributed by atoms with Crippen LogP contribution in [0.5, 0.6) is 5.75 Å². The van der Waals surface area contributed by atoms with E-state index in [1.54, 1.807) is 21.3 Å². The van der Waals surface area contributed by atoms with E-state index in [2.05, 4.69) is 42.2 Å². The van der Waals surface area contributed by atoms with Gasteiger partial charge in [-0.1, -0.05) is 55.8 Å². The predicted octanol–water partition coefficient (Wildman–Crippen LogP) is 5.01. The maximum atomic E-state index is 12.8.